The lowest BCUT2D eigenvalue weighted by atomic mass is 10.00. The largest absolute Gasteiger partial charge is 0.458 e. The second-order valence-corrected chi connectivity index (χ2v) is 16.4. The minimum absolute atomic E-state index is 0.0132. The first kappa shape index (κ1) is 41.4. The summed E-state index contributed by atoms with van der Waals surface area (Å²) in [6, 6.07) is 12.2. The molecule has 3 rings (SSSR count). The fourth-order valence-electron chi connectivity index (χ4n) is 3.81. The molecule has 3 aromatic rings. The zero-order chi connectivity index (χ0) is 37.7. The Labute approximate surface area is 284 Å². The molecule has 0 saturated heterocycles. The third-order valence-electron chi connectivity index (χ3n) is 6.21. The van der Waals surface area contributed by atoms with Crippen molar-refractivity contribution in [3.05, 3.63) is 59.0 Å². The molecule has 0 aliphatic rings. The number of nitrogen functional groups attached to an aromatic ring is 1. The number of rotatable bonds is 11. The van der Waals surface area contributed by atoms with Gasteiger partial charge in [-0.1, -0.05) is 18.2 Å². The van der Waals surface area contributed by atoms with Gasteiger partial charge in [0.15, 0.2) is 0 Å². The second kappa shape index (κ2) is 15.8. The minimum Gasteiger partial charge on any atom is -0.383 e. The number of alkyl halides is 6. The Morgan fingerprint density at radius 2 is 1.53 bits per heavy atom. The Bertz CT molecular complexity index is 1950. The van der Waals surface area contributed by atoms with Crippen LogP contribution in [-0.2, 0) is 34.1 Å². The van der Waals surface area contributed by atoms with Crippen LogP contribution in [0.15, 0.2) is 62.5 Å². The van der Waals surface area contributed by atoms with Gasteiger partial charge in [0.25, 0.3) is 0 Å². The summed E-state index contributed by atoms with van der Waals surface area (Å²) in [4.78, 5) is 32.2. The summed E-state index contributed by atoms with van der Waals surface area (Å²) in [5.74, 6) is -7.67. The molecule has 0 bridgehead atoms. The lowest BCUT2D eigenvalue weighted by Gasteiger charge is -2.14. The van der Waals surface area contributed by atoms with E-state index in [0.29, 0.717) is 20.3 Å². The van der Waals surface area contributed by atoms with Gasteiger partial charge in [-0.25, -0.2) is 16.8 Å². The monoisotopic (exact) mass is 774 g/mol. The van der Waals surface area contributed by atoms with Gasteiger partial charge in [-0.15, -0.1) is 23.1 Å². The SMILES string of the molecule is CSc1sc(C(=N)N)cc1S(=O)(=O)c1cccc(-c2ccc(NC(=O)[C@@H](N)CCS(C)(=O)=O)cc2C)c1.O=C(C(=O)C(F)(F)F)C(F)(F)F. The molecule has 6 N–H and O–H groups in total. The Morgan fingerprint density at radius 1 is 0.959 bits per heavy atom. The molecular formula is C28H28F6N4O7S4. The standard InChI is InChI=1S/C24H28N4O5S4.C4F6O2/c1-14-11-16(28-23(29)19(25)9-10-36(3,30)31)7-8-18(14)15-5-4-6-17(12-15)37(32,33)21-13-20(22(26)27)35-24(21)34-2;5-3(6,7)1(11)2(12)4(8,9)10/h4-8,11-13,19H,9-10,25H2,1-3H3,(H3,26,27)(H,28,29);/t19-;/m0./s1. The van der Waals surface area contributed by atoms with Crippen LogP contribution in [0.3, 0.4) is 0 Å². The van der Waals surface area contributed by atoms with Crippen LogP contribution >= 0.6 is 23.1 Å². The summed E-state index contributed by atoms with van der Waals surface area (Å²) in [6.45, 7) is 1.83. The van der Waals surface area contributed by atoms with E-state index < -0.39 is 55.5 Å². The van der Waals surface area contributed by atoms with Crippen molar-refractivity contribution in [3.63, 3.8) is 0 Å². The molecule has 2 aromatic carbocycles. The molecule has 11 nitrogen and oxygen atoms in total. The van der Waals surface area contributed by atoms with Crippen LogP contribution in [0.5, 0.6) is 0 Å². The number of nitrogens with one attached hydrogen (secondary N) is 2. The quantitative estimate of drug-likeness (QED) is 0.0705. The number of thiophene rings is 1. The van der Waals surface area contributed by atoms with E-state index in [1.165, 1.54) is 35.2 Å². The number of nitrogens with two attached hydrogens (primary N) is 2. The van der Waals surface area contributed by atoms with Crippen molar-refractivity contribution in [2.45, 2.75) is 45.7 Å². The van der Waals surface area contributed by atoms with Crippen molar-refractivity contribution in [2.75, 3.05) is 23.6 Å². The highest BCUT2D eigenvalue weighted by molar-refractivity contribution is 8.01. The number of sulfone groups is 2. The Hall–Kier alpha value is -3.79. The zero-order valence-electron chi connectivity index (χ0n) is 25.5. The summed E-state index contributed by atoms with van der Waals surface area (Å²) < 4.78 is 117. The van der Waals surface area contributed by atoms with Crippen molar-refractivity contribution in [2.24, 2.45) is 11.5 Å². The predicted octanol–water partition coefficient (Wildman–Crippen LogP) is 4.51. The molecule has 268 valence electrons. The van der Waals surface area contributed by atoms with Crippen molar-refractivity contribution >= 4 is 71.8 Å². The maximum absolute atomic E-state index is 13.5. The average molecular weight is 775 g/mol. The number of anilines is 1. The number of hydrogen-bond acceptors (Lipinski definition) is 11. The topological polar surface area (TPSA) is 207 Å². The van der Waals surface area contributed by atoms with E-state index in [1.54, 1.807) is 42.7 Å². The summed E-state index contributed by atoms with van der Waals surface area (Å²) in [5, 5.41) is 10.4. The van der Waals surface area contributed by atoms with Crippen LogP contribution in [0.25, 0.3) is 11.1 Å². The average Bonchev–Trinajstić information content (AvgIpc) is 3.44. The van der Waals surface area contributed by atoms with Crippen LogP contribution in [0, 0.1) is 12.3 Å². The van der Waals surface area contributed by atoms with Crippen molar-refractivity contribution in [1.29, 1.82) is 5.41 Å². The number of amidine groups is 1. The maximum atomic E-state index is 13.5. The first-order valence-corrected chi connectivity index (χ1v) is 18.8. The van der Waals surface area contributed by atoms with E-state index in [2.05, 4.69) is 5.32 Å². The van der Waals surface area contributed by atoms with Gasteiger partial charge in [-0.05, 0) is 66.6 Å². The highest BCUT2D eigenvalue weighted by Crippen LogP contribution is 2.38. The van der Waals surface area contributed by atoms with E-state index in [4.69, 9.17) is 16.9 Å². The first-order valence-electron chi connectivity index (χ1n) is 13.2. The molecule has 1 amide bonds. The van der Waals surface area contributed by atoms with E-state index in [0.717, 1.165) is 17.4 Å². The molecule has 1 heterocycles. The Balaban J connectivity index is 0.000000591. The number of thioether (sulfide) groups is 1. The molecular weight excluding hydrogens is 747 g/mol. The fourth-order valence-corrected chi connectivity index (χ4v) is 8.39. The number of Topliss-reactive ketones (excluding diaryl/α,β-unsaturated/α-hetero) is 2. The first-order chi connectivity index (χ1) is 22.3. The summed E-state index contributed by atoms with van der Waals surface area (Å²) in [6.07, 6.45) is -8.67. The molecule has 21 heteroatoms. The molecule has 49 heavy (non-hydrogen) atoms. The Kier molecular flexibility index (Phi) is 13.4. The van der Waals surface area contributed by atoms with Gasteiger partial charge in [0, 0.05) is 11.9 Å². The van der Waals surface area contributed by atoms with Crippen molar-refractivity contribution in [3.8, 4) is 11.1 Å². The molecule has 0 spiro atoms. The highest BCUT2D eigenvalue weighted by atomic mass is 32.2. The smallest absolute Gasteiger partial charge is 0.383 e. The highest BCUT2D eigenvalue weighted by Gasteiger charge is 2.54. The molecule has 1 atom stereocenters. The zero-order valence-corrected chi connectivity index (χ0v) is 28.8. The molecule has 0 aliphatic carbocycles. The molecule has 0 aliphatic heterocycles. The van der Waals surface area contributed by atoms with Gasteiger partial charge in [-0.3, -0.25) is 19.8 Å². The lowest BCUT2D eigenvalue weighted by molar-refractivity contribution is -0.193. The van der Waals surface area contributed by atoms with E-state index in [1.807, 2.05) is 6.92 Å². The van der Waals surface area contributed by atoms with Gasteiger partial charge >= 0.3 is 23.9 Å². The van der Waals surface area contributed by atoms with Crippen LogP contribution < -0.4 is 16.8 Å². The molecule has 0 unspecified atom stereocenters. The van der Waals surface area contributed by atoms with Crippen LogP contribution in [0.1, 0.15) is 16.9 Å². The van der Waals surface area contributed by atoms with Crippen LogP contribution in [0.4, 0.5) is 32.0 Å². The van der Waals surface area contributed by atoms with E-state index in [9.17, 15) is 57.6 Å². The minimum atomic E-state index is -5.77. The van der Waals surface area contributed by atoms with Gasteiger partial charge in [0.05, 0.1) is 30.7 Å². The lowest BCUT2D eigenvalue weighted by Crippen LogP contribution is -2.39. The predicted molar refractivity (Wildman–Crippen MR) is 172 cm³/mol. The van der Waals surface area contributed by atoms with Crippen LogP contribution in [-0.4, -0.2) is 76.8 Å². The van der Waals surface area contributed by atoms with E-state index >= 15 is 0 Å². The summed E-state index contributed by atoms with van der Waals surface area (Å²) in [7, 11) is -7.09. The number of amides is 1. The van der Waals surface area contributed by atoms with Gasteiger partial charge in [-0.2, -0.15) is 26.3 Å². The normalized spacial score (nSPS) is 12.8. The van der Waals surface area contributed by atoms with Gasteiger partial charge < -0.3 is 16.8 Å². The number of hydrogen-bond donors (Lipinski definition) is 4. The number of benzene rings is 2. The number of ketones is 2. The molecule has 0 fully saturated rings. The van der Waals surface area contributed by atoms with Gasteiger partial charge in [0.1, 0.15) is 15.7 Å². The number of halogens is 6. The third-order valence-corrected chi connectivity index (χ3v) is 11.5. The summed E-state index contributed by atoms with van der Waals surface area (Å²) in [5.41, 5.74) is 14.1. The van der Waals surface area contributed by atoms with Crippen LogP contribution in [0.2, 0.25) is 0 Å². The maximum Gasteiger partial charge on any atom is 0.458 e. The summed E-state index contributed by atoms with van der Waals surface area (Å²) >= 11 is 2.45. The molecule has 0 radical (unpaired) electrons. The van der Waals surface area contributed by atoms with E-state index in [-0.39, 0.29) is 27.8 Å². The number of carbonyl (C=O) groups excluding carboxylic acids is 3. The third kappa shape index (κ3) is 11.4. The molecule has 1 aromatic heterocycles. The number of aryl methyl sites for hydroxylation is 1. The molecule has 0 saturated carbocycles. The fraction of sp³-hybridized carbons (Fsp3) is 0.286. The van der Waals surface area contributed by atoms with Gasteiger partial charge in [0.2, 0.25) is 15.7 Å². The number of carbonyl (C=O) groups is 3. The Morgan fingerprint density at radius 3 is 2.00 bits per heavy atom. The van der Waals surface area contributed by atoms with Crippen molar-refractivity contribution in [1.82, 2.24) is 0 Å². The second-order valence-electron chi connectivity index (χ2n) is 10.1. The van der Waals surface area contributed by atoms with Crippen molar-refractivity contribution < 1.29 is 57.6 Å².